The first-order valence-corrected chi connectivity index (χ1v) is 6.81. The SMILES string of the molecule is Cc1ccc(Cc2noc(CNC3CC3)n2)cc1C. The standard InChI is InChI=1S/C15H19N3O/c1-10-3-4-12(7-11(10)2)8-14-17-15(19-18-14)9-16-13-5-6-13/h3-4,7,13,16H,5-6,8-9H2,1-2H3. The fraction of sp³-hybridized carbons (Fsp3) is 0.467. The number of hydrogen-bond acceptors (Lipinski definition) is 4. The molecular formula is C15H19N3O. The van der Waals surface area contributed by atoms with E-state index in [1.165, 1.54) is 29.5 Å². The molecule has 4 nitrogen and oxygen atoms in total. The number of hydrogen-bond donors (Lipinski definition) is 1. The molecule has 3 rings (SSSR count). The van der Waals surface area contributed by atoms with Gasteiger partial charge in [-0.3, -0.25) is 0 Å². The Balaban J connectivity index is 1.63. The fourth-order valence-corrected chi connectivity index (χ4v) is 2.05. The summed E-state index contributed by atoms with van der Waals surface area (Å²) < 4.78 is 5.25. The van der Waals surface area contributed by atoms with Crippen LogP contribution in [0.1, 0.15) is 41.2 Å². The number of nitrogens with one attached hydrogen (secondary N) is 1. The Labute approximate surface area is 113 Å². The van der Waals surface area contributed by atoms with Gasteiger partial charge in [-0.05, 0) is 43.4 Å². The van der Waals surface area contributed by atoms with E-state index in [0.717, 1.165) is 12.2 Å². The van der Waals surface area contributed by atoms with E-state index in [-0.39, 0.29) is 0 Å². The Morgan fingerprint density at radius 1 is 1.26 bits per heavy atom. The van der Waals surface area contributed by atoms with Gasteiger partial charge in [-0.15, -0.1) is 0 Å². The molecule has 4 heteroatoms. The summed E-state index contributed by atoms with van der Waals surface area (Å²) in [5, 5.41) is 7.41. The molecule has 1 heterocycles. The Morgan fingerprint density at radius 3 is 2.84 bits per heavy atom. The Kier molecular flexibility index (Phi) is 3.34. The van der Waals surface area contributed by atoms with Crippen LogP contribution in [0.25, 0.3) is 0 Å². The van der Waals surface area contributed by atoms with Gasteiger partial charge in [0, 0.05) is 12.5 Å². The van der Waals surface area contributed by atoms with Crippen molar-refractivity contribution in [2.45, 2.75) is 45.7 Å². The second-order valence-corrected chi connectivity index (χ2v) is 5.35. The molecule has 0 saturated heterocycles. The van der Waals surface area contributed by atoms with E-state index in [1.807, 2.05) is 0 Å². The lowest BCUT2D eigenvalue weighted by atomic mass is 10.0. The molecule has 100 valence electrons. The monoisotopic (exact) mass is 257 g/mol. The molecule has 1 aromatic carbocycles. The predicted molar refractivity (Wildman–Crippen MR) is 72.9 cm³/mol. The maximum atomic E-state index is 5.25. The van der Waals surface area contributed by atoms with E-state index < -0.39 is 0 Å². The number of aromatic nitrogens is 2. The number of rotatable bonds is 5. The highest BCUT2D eigenvalue weighted by Crippen LogP contribution is 2.19. The Bertz CT molecular complexity index is 573. The zero-order chi connectivity index (χ0) is 13.2. The molecule has 0 atom stereocenters. The molecule has 0 radical (unpaired) electrons. The van der Waals surface area contributed by atoms with E-state index in [9.17, 15) is 0 Å². The largest absolute Gasteiger partial charge is 0.338 e. The van der Waals surface area contributed by atoms with Crippen LogP contribution in [0.2, 0.25) is 0 Å². The highest BCUT2D eigenvalue weighted by molar-refractivity contribution is 5.31. The summed E-state index contributed by atoms with van der Waals surface area (Å²) >= 11 is 0. The van der Waals surface area contributed by atoms with Gasteiger partial charge in [0.25, 0.3) is 0 Å². The lowest BCUT2D eigenvalue weighted by Crippen LogP contribution is -2.15. The lowest BCUT2D eigenvalue weighted by molar-refractivity contribution is 0.363. The van der Waals surface area contributed by atoms with Crippen molar-refractivity contribution < 1.29 is 4.52 Å². The first-order valence-electron chi connectivity index (χ1n) is 6.81. The van der Waals surface area contributed by atoms with E-state index in [2.05, 4.69) is 47.5 Å². The molecule has 19 heavy (non-hydrogen) atoms. The van der Waals surface area contributed by atoms with Crippen LogP contribution in [0.3, 0.4) is 0 Å². The second kappa shape index (κ2) is 5.13. The van der Waals surface area contributed by atoms with Crippen LogP contribution in [0.5, 0.6) is 0 Å². The number of benzene rings is 1. The molecule has 0 amide bonds. The summed E-state index contributed by atoms with van der Waals surface area (Å²) in [6, 6.07) is 7.12. The highest BCUT2D eigenvalue weighted by Gasteiger charge is 2.21. The molecule has 0 aliphatic heterocycles. The van der Waals surface area contributed by atoms with Crippen molar-refractivity contribution in [1.82, 2.24) is 15.5 Å². The highest BCUT2D eigenvalue weighted by atomic mass is 16.5. The van der Waals surface area contributed by atoms with Gasteiger partial charge in [-0.1, -0.05) is 23.4 Å². The third-order valence-corrected chi connectivity index (χ3v) is 3.56. The molecular weight excluding hydrogens is 238 g/mol. The van der Waals surface area contributed by atoms with Crippen LogP contribution in [0.4, 0.5) is 0 Å². The van der Waals surface area contributed by atoms with Crippen molar-refractivity contribution in [3.63, 3.8) is 0 Å². The molecule has 1 aliphatic carbocycles. The van der Waals surface area contributed by atoms with Crippen molar-refractivity contribution in [2.24, 2.45) is 0 Å². The maximum absolute atomic E-state index is 5.25. The zero-order valence-corrected chi connectivity index (χ0v) is 11.4. The predicted octanol–water partition coefficient (Wildman–Crippen LogP) is 2.53. The smallest absolute Gasteiger partial charge is 0.240 e. The van der Waals surface area contributed by atoms with Crippen molar-refractivity contribution in [3.8, 4) is 0 Å². The molecule has 0 spiro atoms. The summed E-state index contributed by atoms with van der Waals surface area (Å²) in [6.45, 7) is 4.93. The minimum Gasteiger partial charge on any atom is -0.338 e. The molecule has 1 saturated carbocycles. The van der Waals surface area contributed by atoms with Gasteiger partial charge >= 0.3 is 0 Å². The fourth-order valence-electron chi connectivity index (χ4n) is 2.05. The molecule has 1 aromatic heterocycles. The maximum Gasteiger partial charge on any atom is 0.240 e. The molecule has 1 aliphatic rings. The zero-order valence-electron chi connectivity index (χ0n) is 11.4. The third kappa shape index (κ3) is 3.20. The van der Waals surface area contributed by atoms with E-state index in [0.29, 0.717) is 18.5 Å². The summed E-state index contributed by atoms with van der Waals surface area (Å²) in [7, 11) is 0. The van der Waals surface area contributed by atoms with Gasteiger partial charge in [0.15, 0.2) is 5.82 Å². The molecule has 0 bridgehead atoms. The first-order chi connectivity index (χ1) is 9.20. The van der Waals surface area contributed by atoms with Gasteiger partial charge < -0.3 is 9.84 Å². The average Bonchev–Trinajstić information content (AvgIpc) is 3.12. The second-order valence-electron chi connectivity index (χ2n) is 5.35. The van der Waals surface area contributed by atoms with Gasteiger partial charge in [-0.25, -0.2) is 0 Å². The molecule has 1 N–H and O–H groups in total. The first kappa shape index (κ1) is 12.4. The summed E-state index contributed by atoms with van der Waals surface area (Å²) in [4.78, 5) is 4.42. The molecule has 0 unspecified atom stereocenters. The average molecular weight is 257 g/mol. The minimum absolute atomic E-state index is 0.662. The quantitative estimate of drug-likeness (QED) is 0.894. The van der Waals surface area contributed by atoms with Crippen LogP contribution >= 0.6 is 0 Å². The topological polar surface area (TPSA) is 51.0 Å². The van der Waals surface area contributed by atoms with E-state index in [1.54, 1.807) is 0 Å². The molecule has 1 fully saturated rings. The van der Waals surface area contributed by atoms with Gasteiger partial charge in [0.05, 0.1) is 6.54 Å². The van der Waals surface area contributed by atoms with E-state index >= 15 is 0 Å². The number of aryl methyl sites for hydroxylation is 2. The summed E-state index contributed by atoms with van der Waals surface area (Å²) in [5.41, 5.74) is 3.84. The van der Waals surface area contributed by atoms with Crippen molar-refractivity contribution >= 4 is 0 Å². The van der Waals surface area contributed by atoms with Crippen LogP contribution in [0.15, 0.2) is 22.7 Å². The number of nitrogens with zero attached hydrogens (tertiary/aromatic N) is 2. The van der Waals surface area contributed by atoms with E-state index in [4.69, 9.17) is 4.52 Å². The van der Waals surface area contributed by atoms with Crippen molar-refractivity contribution in [3.05, 3.63) is 46.6 Å². The van der Waals surface area contributed by atoms with Gasteiger partial charge in [-0.2, -0.15) is 4.98 Å². The van der Waals surface area contributed by atoms with Gasteiger partial charge in [0.1, 0.15) is 0 Å². The van der Waals surface area contributed by atoms with Crippen LogP contribution in [0, 0.1) is 13.8 Å². The van der Waals surface area contributed by atoms with Crippen LogP contribution in [-0.4, -0.2) is 16.2 Å². The normalized spacial score (nSPS) is 14.8. The Hall–Kier alpha value is -1.68. The minimum atomic E-state index is 0.662. The van der Waals surface area contributed by atoms with Gasteiger partial charge in [0.2, 0.25) is 5.89 Å². The van der Waals surface area contributed by atoms with Crippen LogP contribution in [-0.2, 0) is 13.0 Å². The summed E-state index contributed by atoms with van der Waals surface area (Å²) in [6.07, 6.45) is 3.27. The Morgan fingerprint density at radius 2 is 2.11 bits per heavy atom. The van der Waals surface area contributed by atoms with Crippen molar-refractivity contribution in [2.75, 3.05) is 0 Å². The summed E-state index contributed by atoms with van der Waals surface area (Å²) in [5.74, 6) is 1.45. The van der Waals surface area contributed by atoms with Crippen molar-refractivity contribution in [1.29, 1.82) is 0 Å². The third-order valence-electron chi connectivity index (χ3n) is 3.56. The lowest BCUT2D eigenvalue weighted by Gasteiger charge is -2.02. The van der Waals surface area contributed by atoms with Crippen LogP contribution < -0.4 is 5.32 Å². The molecule has 2 aromatic rings.